The molecule has 0 saturated carbocycles. The number of carbonyl (C=O) groups is 1. The highest BCUT2D eigenvalue weighted by atomic mass is 127. The fourth-order valence-corrected chi connectivity index (χ4v) is 3.97. The van der Waals surface area contributed by atoms with Crippen LogP contribution in [-0.2, 0) is 14.6 Å². The van der Waals surface area contributed by atoms with Crippen LogP contribution in [0.3, 0.4) is 0 Å². The van der Waals surface area contributed by atoms with E-state index in [0.29, 0.717) is 5.56 Å². The average molecular weight is 415 g/mol. The first-order valence-electron chi connectivity index (χ1n) is 6.18. The number of sulfone groups is 1. The Morgan fingerprint density at radius 3 is 2.05 bits per heavy atom. The molecular weight excluding hydrogens is 401 g/mol. The molecule has 0 bridgehead atoms. The van der Waals surface area contributed by atoms with Gasteiger partial charge in [-0.3, -0.25) is 4.79 Å². The van der Waals surface area contributed by atoms with Gasteiger partial charge in [-0.05, 0) is 59.3 Å². The molecule has 6 heteroatoms. The number of halogens is 1. The van der Waals surface area contributed by atoms with Gasteiger partial charge in [0.25, 0.3) is 0 Å². The largest absolute Gasteiger partial charge is 0.368 e. The van der Waals surface area contributed by atoms with Crippen molar-refractivity contribution < 1.29 is 13.2 Å². The monoisotopic (exact) mass is 415 g/mol. The van der Waals surface area contributed by atoms with Gasteiger partial charge in [0.1, 0.15) is 0 Å². The highest BCUT2D eigenvalue weighted by Crippen LogP contribution is 2.29. The third-order valence-electron chi connectivity index (χ3n) is 3.09. The summed E-state index contributed by atoms with van der Waals surface area (Å²) >= 11 is 2.11. The molecule has 1 unspecified atom stereocenters. The van der Waals surface area contributed by atoms with Crippen LogP contribution in [0.25, 0.3) is 0 Å². The molecule has 0 saturated heterocycles. The fourth-order valence-electron chi connectivity index (χ4n) is 2.00. The maximum atomic E-state index is 12.7. The molecule has 2 aromatic carbocycles. The molecule has 0 fully saturated rings. The Bertz CT molecular complexity index is 753. The maximum absolute atomic E-state index is 12.7. The van der Waals surface area contributed by atoms with E-state index in [9.17, 15) is 13.2 Å². The van der Waals surface area contributed by atoms with Crippen molar-refractivity contribution in [3.63, 3.8) is 0 Å². The zero-order valence-corrected chi connectivity index (χ0v) is 14.3. The Morgan fingerprint density at radius 2 is 1.57 bits per heavy atom. The predicted octanol–water partition coefficient (Wildman–Crippen LogP) is 2.60. The molecule has 1 atom stereocenters. The third-order valence-corrected chi connectivity index (χ3v) is 5.86. The quantitative estimate of drug-likeness (QED) is 0.780. The van der Waals surface area contributed by atoms with Crippen molar-refractivity contribution in [2.45, 2.75) is 17.1 Å². The lowest BCUT2D eigenvalue weighted by Crippen LogP contribution is -2.28. The molecule has 0 aliphatic carbocycles. The summed E-state index contributed by atoms with van der Waals surface area (Å²) < 4.78 is 26.3. The lowest BCUT2D eigenvalue weighted by molar-refractivity contribution is -0.117. The van der Waals surface area contributed by atoms with Gasteiger partial charge >= 0.3 is 0 Å². The molecule has 4 nitrogen and oxygen atoms in total. The van der Waals surface area contributed by atoms with Crippen molar-refractivity contribution in [1.29, 1.82) is 0 Å². The number of primary amides is 1. The lowest BCUT2D eigenvalue weighted by atomic mass is 10.1. The molecule has 0 spiro atoms. The second kappa shape index (κ2) is 6.15. The van der Waals surface area contributed by atoms with Crippen LogP contribution in [0.4, 0.5) is 0 Å². The van der Waals surface area contributed by atoms with Crippen LogP contribution in [0.1, 0.15) is 16.4 Å². The number of hydrogen-bond acceptors (Lipinski definition) is 3. The lowest BCUT2D eigenvalue weighted by Gasteiger charge is -2.15. The molecular formula is C15H14INO3S. The van der Waals surface area contributed by atoms with Gasteiger partial charge in [0.05, 0.1) is 4.90 Å². The third kappa shape index (κ3) is 3.44. The van der Waals surface area contributed by atoms with Gasteiger partial charge in [-0.1, -0.05) is 29.8 Å². The zero-order chi connectivity index (χ0) is 15.6. The van der Waals surface area contributed by atoms with E-state index >= 15 is 0 Å². The molecule has 0 aliphatic rings. The first kappa shape index (κ1) is 16.0. The number of nitrogens with two attached hydrogens (primary N) is 1. The van der Waals surface area contributed by atoms with E-state index in [1.54, 1.807) is 36.4 Å². The normalized spacial score (nSPS) is 12.9. The second-order valence-corrected chi connectivity index (χ2v) is 7.97. The molecule has 1 amide bonds. The maximum Gasteiger partial charge on any atom is 0.240 e. The van der Waals surface area contributed by atoms with Crippen LogP contribution in [0, 0.1) is 10.5 Å². The molecule has 0 heterocycles. The van der Waals surface area contributed by atoms with Crippen LogP contribution < -0.4 is 5.73 Å². The van der Waals surface area contributed by atoms with Crippen molar-refractivity contribution in [2.24, 2.45) is 5.73 Å². The van der Waals surface area contributed by atoms with Gasteiger partial charge in [-0.15, -0.1) is 0 Å². The van der Waals surface area contributed by atoms with E-state index in [4.69, 9.17) is 5.73 Å². The zero-order valence-electron chi connectivity index (χ0n) is 11.3. The Hall–Kier alpha value is -1.41. The minimum Gasteiger partial charge on any atom is -0.368 e. The van der Waals surface area contributed by atoms with Crippen molar-refractivity contribution in [1.82, 2.24) is 0 Å². The summed E-state index contributed by atoms with van der Waals surface area (Å²) in [6, 6.07) is 13.1. The van der Waals surface area contributed by atoms with Crippen LogP contribution in [0.15, 0.2) is 53.4 Å². The summed E-state index contributed by atoms with van der Waals surface area (Å²) in [5.74, 6) is -0.878. The molecule has 2 rings (SSSR count). The summed E-state index contributed by atoms with van der Waals surface area (Å²) in [5.41, 5.74) is 6.66. The first-order chi connectivity index (χ1) is 9.82. The van der Waals surface area contributed by atoms with Crippen LogP contribution in [-0.4, -0.2) is 14.3 Å². The van der Waals surface area contributed by atoms with Crippen molar-refractivity contribution in [3.8, 4) is 0 Å². The second-order valence-electron chi connectivity index (χ2n) is 4.69. The molecule has 2 aromatic rings. The summed E-state index contributed by atoms with van der Waals surface area (Å²) in [5, 5.41) is -1.38. The van der Waals surface area contributed by atoms with Gasteiger partial charge in [0.15, 0.2) is 15.1 Å². The van der Waals surface area contributed by atoms with Gasteiger partial charge in [-0.2, -0.15) is 0 Å². The van der Waals surface area contributed by atoms with E-state index < -0.39 is 21.0 Å². The summed E-state index contributed by atoms with van der Waals surface area (Å²) in [6.07, 6.45) is 0. The minimum atomic E-state index is -3.86. The molecule has 110 valence electrons. The fraction of sp³-hybridized carbons (Fsp3) is 0.133. The standard InChI is InChI=1S/C15H14INO3S/c1-10-2-8-13(9-3-10)21(19,20)14(15(17)18)11-4-6-12(16)7-5-11/h2-9,14H,1H3,(H2,17,18). The first-order valence-corrected chi connectivity index (χ1v) is 8.80. The average Bonchev–Trinajstić information content (AvgIpc) is 2.41. The number of carbonyl (C=O) groups excluding carboxylic acids is 1. The minimum absolute atomic E-state index is 0.0930. The number of amides is 1. The van der Waals surface area contributed by atoms with E-state index in [1.807, 2.05) is 6.92 Å². The number of benzene rings is 2. The van der Waals surface area contributed by atoms with Gasteiger partial charge in [0, 0.05) is 3.57 Å². The Balaban J connectivity index is 2.54. The SMILES string of the molecule is Cc1ccc(S(=O)(=O)C(C(N)=O)c2ccc(I)cc2)cc1. The van der Waals surface area contributed by atoms with Crippen LogP contribution >= 0.6 is 22.6 Å². The Morgan fingerprint density at radius 1 is 1.05 bits per heavy atom. The predicted molar refractivity (Wildman–Crippen MR) is 89.5 cm³/mol. The van der Waals surface area contributed by atoms with Crippen molar-refractivity contribution >= 4 is 38.3 Å². The van der Waals surface area contributed by atoms with E-state index in [0.717, 1.165) is 9.13 Å². The molecule has 0 radical (unpaired) electrons. The van der Waals surface area contributed by atoms with Crippen LogP contribution in [0.5, 0.6) is 0 Å². The van der Waals surface area contributed by atoms with Gasteiger partial charge in [0.2, 0.25) is 5.91 Å². The molecule has 0 aliphatic heterocycles. The Kier molecular flexibility index (Phi) is 4.67. The van der Waals surface area contributed by atoms with E-state index in [2.05, 4.69) is 22.6 Å². The van der Waals surface area contributed by atoms with E-state index in [1.165, 1.54) is 12.1 Å². The van der Waals surface area contributed by atoms with Crippen molar-refractivity contribution in [2.75, 3.05) is 0 Å². The topological polar surface area (TPSA) is 77.2 Å². The van der Waals surface area contributed by atoms with E-state index in [-0.39, 0.29) is 4.90 Å². The summed E-state index contributed by atoms with van der Waals surface area (Å²) in [4.78, 5) is 11.8. The van der Waals surface area contributed by atoms with Gasteiger partial charge in [-0.25, -0.2) is 8.42 Å². The molecule has 21 heavy (non-hydrogen) atoms. The Labute approximate surface area is 137 Å². The summed E-state index contributed by atoms with van der Waals surface area (Å²) in [7, 11) is -3.86. The highest BCUT2D eigenvalue weighted by molar-refractivity contribution is 14.1. The van der Waals surface area contributed by atoms with Crippen molar-refractivity contribution in [3.05, 3.63) is 63.2 Å². The molecule has 2 N–H and O–H groups in total. The highest BCUT2D eigenvalue weighted by Gasteiger charge is 2.33. The number of aryl methyl sites for hydroxylation is 1. The van der Waals surface area contributed by atoms with Gasteiger partial charge < -0.3 is 5.73 Å². The van der Waals surface area contributed by atoms with Crippen LogP contribution in [0.2, 0.25) is 0 Å². The number of rotatable bonds is 4. The number of hydrogen-bond donors (Lipinski definition) is 1. The summed E-state index contributed by atoms with van der Waals surface area (Å²) in [6.45, 7) is 1.86. The molecule has 0 aromatic heterocycles. The smallest absolute Gasteiger partial charge is 0.240 e.